The van der Waals surface area contributed by atoms with Crippen molar-refractivity contribution in [1.82, 2.24) is 0 Å². The Balaban J connectivity index is 3.79. The predicted molar refractivity (Wildman–Crippen MR) is 48.4 cm³/mol. The van der Waals surface area contributed by atoms with Crippen LogP contribution in [0.15, 0.2) is 12.7 Å². The van der Waals surface area contributed by atoms with Crippen LogP contribution in [0.25, 0.3) is 0 Å². The second-order valence-corrected chi connectivity index (χ2v) is 3.07. The first kappa shape index (κ1) is 10.7. The van der Waals surface area contributed by atoms with Crippen molar-refractivity contribution in [2.75, 3.05) is 13.7 Å². The van der Waals surface area contributed by atoms with Gasteiger partial charge in [-0.05, 0) is 11.8 Å². The van der Waals surface area contributed by atoms with Crippen LogP contribution in [0.1, 0.15) is 13.8 Å². The molecule has 0 radical (unpaired) electrons. The van der Waals surface area contributed by atoms with Gasteiger partial charge in [0.05, 0.1) is 6.61 Å². The SMILES string of the molecule is C=CC(C)[C@@H](C)[C@H](N)COC. The second-order valence-electron chi connectivity index (χ2n) is 3.07. The van der Waals surface area contributed by atoms with Crippen molar-refractivity contribution in [3.63, 3.8) is 0 Å². The summed E-state index contributed by atoms with van der Waals surface area (Å²) in [5.41, 5.74) is 5.83. The summed E-state index contributed by atoms with van der Waals surface area (Å²) in [6.07, 6.45) is 1.93. The molecule has 0 saturated carbocycles. The van der Waals surface area contributed by atoms with Crippen LogP contribution >= 0.6 is 0 Å². The van der Waals surface area contributed by atoms with Crippen molar-refractivity contribution in [3.8, 4) is 0 Å². The molecule has 66 valence electrons. The van der Waals surface area contributed by atoms with Crippen molar-refractivity contribution in [2.24, 2.45) is 17.6 Å². The van der Waals surface area contributed by atoms with Crippen molar-refractivity contribution in [2.45, 2.75) is 19.9 Å². The quantitative estimate of drug-likeness (QED) is 0.612. The predicted octanol–water partition coefficient (Wildman–Crippen LogP) is 1.42. The Morgan fingerprint density at radius 3 is 2.45 bits per heavy atom. The highest BCUT2D eigenvalue weighted by Gasteiger charge is 2.16. The highest BCUT2D eigenvalue weighted by atomic mass is 16.5. The van der Waals surface area contributed by atoms with Crippen LogP contribution in [0, 0.1) is 11.8 Å². The molecule has 0 rings (SSSR count). The van der Waals surface area contributed by atoms with Gasteiger partial charge in [0.1, 0.15) is 0 Å². The van der Waals surface area contributed by atoms with Gasteiger partial charge in [-0.2, -0.15) is 0 Å². The third kappa shape index (κ3) is 3.54. The fourth-order valence-corrected chi connectivity index (χ4v) is 0.949. The Bertz CT molecular complexity index is 114. The molecule has 2 N–H and O–H groups in total. The van der Waals surface area contributed by atoms with Gasteiger partial charge in [-0.25, -0.2) is 0 Å². The van der Waals surface area contributed by atoms with E-state index in [9.17, 15) is 0 Å². The number of rotatable bonds is 5. The summed E-state index contributed by atoms with van der Waals surface area (Å²) in [7, 11) is 1.67. The van der Waals surface area contributed by atoms with Crippen molar-refractivity contribution < 1.29 is 4.74 Å². The van der Waals surface area contributed by atoms with E-state index < -0.39 is 0 Å². The van der Waals surface area contributed by atoms with E-state index in [0.29, 0.717) is 18.4 Å². The molecule has 0 saturated heterocycles. The van der Waals surface area contributed by atoms with Gasteiger partial charge in [0, 0.05) is 13.2 Å². The number of methoxy groups -OCH3 is 1. The smallest absolute Gasteiger partial charge is 0.0616 e. The summed E-state index contributed by atoms with van der Waals surface area (Å²) in [6, 6.07) is 0.119. The van der Waals surface area contributed by atoms with Crippen LogP contribution < -0.4 is 5.73 Å². The Morgan fingerprint density at radius 1 is 1.55 bits per heavy atom. The zero-order valence-electron chi connectivity index (χ0n) is 7.71. The lowest BCUT2D eigenvalue weighted by molar-refractivity contribution is 0.152. The zero-order chi connectivity index (χ0) is 8.85. The van der Waals surface area contributed by atoms with Crippen LogP contribution in [-0.4, -0.2) is 19.8 Å². The molecule has 0 amide bonds. The molecule has 3 atom stereocenters. The monoisotopic (exact) mass is 157 g/mol. The summed E-state index contributed by atoms with van der Waals surface area (Å²) >= 11 is 0. The lowest BCUT2D eigenvalue weighted by atomic mass is 9.90. The summed E-state index contributed by atoms with van der Waals surface area (Å²) in [5.74, 6) is 0.896. The van der Waals surface area contributed by atoms with Crippen LogP contribution in [0.5, 0.6) is 0 Å². The van der Waals surface area contributed by atoms with Crippen molar-refractivity contribution in [3.05, 3.63) is 12.7 Å². The molecule has 2 nitrogen and oxygen atoms in total. The Labute approximate surface area is 69.4 Å². The fraction of sp³-hybridized carbons (Fsp3) is 0.778. The van der Waals surface area contributed by atoms with E-state index in [-0.39, 0.29) is 6.04 Å². The number of hydrogen-bond acceptors (Lipinski definition) is 2. The molecule has 0 spiro atoms. The molecule has 0 aromatic rings. The van der Waals surface area contributed by atoms with E-state index >= 15 is 0 Å². The first-order valence-electron chi connectivity index (χ1n) is 4.00. The van der Waals surface area contributed by atoms with Gasteiger partial charge < -0.3 is 10.5 Å². The number of allylic oxidation sites excluding steroid dienone is 1. The van der Waals surface area contributed by atoms with Gasteiger partial charge in [-0.1, -0.05) is 19.9 Å². The maximum absolute atomic E-state index is 5.83. The van der Waals surface area contributed by atoms with E-state index in [1.54, 1.807) is 7.11 Å². The van der Waals surface area contributed by atoms with Gasteiger partial charge in [0.25, 0.3) is 0 Å². The zero-order valence-corrected chi connectivity index (χ0v) is 7.71. The third-order valence-electron chi connectivity index (χ3n) is 2.24. The van der Waals surface area contributed by atoms with Gasteiger partial charge >= 0.3 is 0 Å². The molecule has 0 aromatic carbocycles. The minimum absolute atomic E-state index is 0.119. The molecule has 11 heavy (non-hydrogen) atoms. The fourth-order valence-electron chi connectivity index (χ4n) is 0.949. The Hall–Kier alpha value is -0.340. The number of hydrogen-bond donors (Lipinski definition) is 1. The van der Waals surface area contributed by atoms with Gasteiger partial charge in [0.2, 0.25) is 0 Å². The Kier molecular flexibility index (Phi) is 5.16. The minimum Gasteiger partial charge on any atom is -0.383 e. The highest BCUT2D eigenvalue weighted by Crippen LogP contribution is 2.14. The van der Waals surface area contributed by atoms with Crippen LogP contribution in [0.3, 0.4) is 0 Å². The molecule has 2 heteroatoms. The van der Waals surface area contributed by atoms with E-state index in [1.807, 2.05) is 6.08 Å². The molecule has 0 heterocycles. The molecule has 0 bridgehead atoms. The summed E-state index contributed by atoms with van der Waals surface area (Å²) in [6.45, 7) is 8.59. The van der Waals surface area contributed by atoms with Crippen molar-refractivity contribution >= 4 is 0 Å². The van der Waals surface area contributed by atoms with Crippen LogP contribution in [0.2, 0.25) is 0 Å². The third-order valence-corrected chi connectivity index (χ3v) is 2.24. The average Bonchev–Trinajstić information content (AvgIpc) is 2.02. The summed E-state index contributed by atoms with van der Waals surface area (Å²) in [5, 5.41) is 0. The van der Waals surface area contributed by atoms with E-state index in [1.165, 1.54) is 0 Å². The lowest BCUT2D eigenvalue weighted by Gasteiger charge is -2.22. The second kappa shape index (κ2) is 5.33. The Morgan fingerprint density at radius 2 is 2.09 bits per heavy atom. The molecule has 0 aromatic heterocycles. The molecule has 0 aliphatic rings. The van der Waals surface area contributed by atoms with Gasteiger partial charge in [0.15, 0.2) is 0 Å². The summed E-state index contributed by atoms with van der Waals surface area (Å²) < 4.78 is 4.96. The standard InChI is InChI=1S/C9H19NO/c1-5-7(2)8(3)9(10)6-11-4/h5,7-9H,1,6,10H2,2-4H3/t7?,8-,9-/m1/s1. The molecular weight excluding hydrogens is 138 g/mol. The number of ether oxygens (including phenoxy) is 1. The number of nitrogens with two attached hydrogens (primary N) is 1. The average molecular weight is 157 g/mol. The molecule has 0 fully saturated rings. The van der Waals surface area contributed by atoms with Crippen LogP contribution in [-0.2, 0) is 4.74 Å². The van der Waals surface area contributed by atoms with E-state index in [2.05, 4.69) is 20.4 Å². The molecular formula is C9H19NO. The van der Waals surface area contributed by atoms with Crippen molar-refractivity contribution in [1.29, 1.82) is 0 Å². The minimum atomic E-state index is 0.119. The topological polar surface area (TPSA) is 35.2 Å². The largest absolute Gasteiger partial charge is 0.383 e. The van der Waals surface area contributed by atoms with Gasteiger partial charge in [-0.15, -0.1) is 6.58 Å². The first-order chi connectivity index (χ1) is 5.13. The maximum Gasteiger partial charge on any atom is 0.0616 e. The van der Waals surface area contributed by atoms with Crippen LogP contribution in [0.4, 0.5) is 0 Å². The lowest BCUT2D eigenvalue weighted by Crippen LogP contribution is -2.35. The van der Waals surface area contributed by atoms with E-state index in [4.69, 9.17) is 10.5 Å². The molecule has 0 aliphatic heterocycles. The van der Waals surface area contributed by atoms with Gasteiger partial charge in [-0.3, -0.25) is 0 Å². The molecule has 1 unspecified atom stereocenters. The maximum atomic E-state index is 5.83. The van der Waals surface area contributed by atoms with E-state index in [0.717, 1.165) is 0 Å². The molecule has 0 aliphatic carbocycles. The highest BCUT2D eigenvalue weighted by molar-refractivity contribution is 4.84. The first-order valence-corrected chi connectivity index (χ1v) is 4.00. The summed E-state index contributed by atoms with van der Waals surface area (Å²) in [4.78, 5) is 0. The normalized spacial score (nSPS) is 18.9.